The second-order valence-electron chi connectivity index (χ2n) is 6.71. The summed E-state index contributed by atoms with van der Waals surface area (Å²) in [6.45, 7) is 0.00167. The van der Waals surface area contributed by atoms with Gasteiger partial charge in [-0.3, -0.25) is 14.6 Å². The van der Waals surface area contributed by atoms with E-state index in [-0.39, 0.29) is 18.1 Å². The summed E-state index contributed by atoms with van der Waals surface area (Å²) in [4.78, 5) is 30.9. The molecule has 0 aliphatic carbocycles. The summed E-state index contributed by atoms with van der Waals surface area (Å²) < 4.78 is 19.7. The van der Waals surface area contributed by atoms with Crippen molar-refractivity contribution in [1.29, 1.82) is 0 Å². The summed E-state index contributed by atoms with van der Waals surface area (Å²) in [6.07, 6.45) is 0. The van der Waals surface area contributed by atoms with Crippen molar-refractivity contribution >= 4 is 33.4 Å². The summed E-state index contributed by atoms with van der Waals surface area (Å²) in [6, 6.07) is 10.7. The van der Waals surface area contributed by atoms with Gasteiger partial charge >= 0.3 is 0 Å². The Morgan fingerprint density at radius 2 is 1.93 bits per heavy atom. The lowest BCUT2D eigenvalue weighted by Crippen LogP contribution is -2.39. The van der Waals surface area contributed by atoms with Crippen LogP contribution < -0.4 is 4.90 Å². The van der Waals surface area contributed by atoms with Gasteiger partial charge in [0.05, 0.1) is 5.69 Å². The lowest BCUT2D eigenvalue weighted by atomic mass is 10.1. The highest BCUT2D eigenvalue weighted by molar-refractivity contribution is 9.10. The van der Waals surface area contributed by atoms with E-state index in [2.05, 4.69) is 36.4 Å². The summed E-state index contributed by atoms with van der Waals surface area (Å²) in [5.41, 5.74) is 0.911. The van der Waals surface area contributed by atoms with Crippen molar-refractivity contribution in [2.45, 2.75) is 18.6 Å². The number of amides is 2. The third-order valence-corrected chi connectivity index (χ3v) is 5.27. The maximum absolute atomic E-state index is 13.6. The third kappa shape index (κ3) is 3.07. The molecule has 1 saturated heterocycles. The second kappa shape index (κ2) is 7.10. The Kier molecular flexibility index (Phi) is 4.39. The van der Waals surface area contributed by atoms with Gasteiger partial charge in [-0.05, 0) is 30.3 Å². The van der Waals surface area contributed by atoms with Gasteiger partial charge in [0.25, 0.3) is 11.8 Å². The Balaban J connectivity index is 1.37. The zero-order valence-electron chi connectivity index (χ0n) is 15.1. The van der Waals surface area contributed by atoms with Crippen LogP contribution in [0.4, 0.5) is 10.1 Å². The molecule has 11 heteroatoms. The second-order valence-corrected chi connectivity index (χ2v) is 7.62. The molecule has 2 aliphatic heterocycles. The van der Waals surface area contributed by atoms with Gasteiger partial charge in [0.2, 0.25) is 11.7 Å². The van der Waals surface area contributed by atoms with Gasteiger partial charge < -0.3 is 4.52 Å². The molecule has 0 N–H and O–H groups in total. The smallest absolute Gasteiger partial charge is 0.263 e. The number of hydrogen-bond donors (Lipinski definition) is 0. The Hall–Kier alpha value is -3.47. The van der Waals surface area contributed by atoms with Crippen LogP contribution in [-0.4, -0.2) is 39.0 Å². The monoisotopic (exact) mass is 470 g/mol. The number of anilines is 1. The molecule has 150 valence electrons. The molecular formula is C19H12BrFN6O3. The van der Waals surface area contributed by atoms with E-state index in [1.807, 2.05) is 24.3 Å². The van der Waals surface area contributed by atoms with Gasteiger partial charge in [-0.1, -0.05) is 44.5 Å². The first-order chi connectivity index (χ1) is 14.5. The van der Waals surface area contributed by atoms with E-state index in [1.165, 1.54) is 23.2 Å². The first-order valence-electron chi connectivity index (χ1n) is 8.90. The molecule has 0 radical (unpaired) electrons. The van der Waals surface area contributed by atoms with Gasteiger partial charge in [-0.2, -0.15) is 10.1 Å². The third-order valence-electron chi connectivity index (χ3n) is 4.77. The molecule has 1 fully saturated rings. The molecule has 3 heterocycles. The van der Waals surface area contributed by atoms with Crippen LogP contribution in [0.2, 0.25) is 0 Å². The maximum Gasteiger partial charge on any atom is 0.263 e. The van der Waals surface area contributed by atoms with Gasteiger partial charge in [-0.25, -0.2) is 9.29 Å². The van der Waals surface area contributed by atoms with Crippen LogP contribution in [0.25, 0.3) is 11.4 Å². The normalized spacial score (nSPS) is 20.3. The van der Waals surface area contributed by atoms with Crippen molar-refractivity contribution in [2.75, 3.05) is 4.90 Å². The van der Waals surface area contributed by atoms with E-state index in [1.54, 1.807) is 0 Å². The maximum atomic E-state index is 13.6. The lowest BCUT2D eigenvalue weighted by Gasteiger charge is -2.19. The minimum absolute atomic E-state index is 0.00167. The quantitative estimate of drug-likeness (QED) is 0.542. The highest BCUT2D eigenvalue weighted by Gasteiger charge is 2.55. The van der Waals surface area contributed by atoms with E-state index in [0.717, 1.165) is 21.0 Å². The van der Waals surface area contributed by atoms with E-state index in [9.17, 15) is 14.0 Å². The molecule has 30 heavy (non-hydrogen) atoms. The van der Waals surface area contributed by atoms with E-state index < -0.39 is 29.7 Å². The molecule has 0 saturated carbocycles. The Morgan fingerprint density at radius 1 is 1.10 bits per heavy atom. The number of carbonyl (C=O) groups excluding carboxylic acids is 2. The average Bonchev–Trinajstić information content (AvgIpc) is 3.41. The molecule has 9 nitrogen and oxygen atoms in total. The highest BCUT2D eigenvalue weighted by atomic mass is 79.9. The molecular weight excluding hydrogens is 459 g/mol. The summed E-state index contributed by atoms with van der Waals surface area (Å²) in [5, 5.41) is 13.2. The predicted octanol–water partition coefficient (Wildman–Crippen LogP) is 3.13. The number of halogens is 2. The fourth-order valence-electron chi connectivity index (χ4n) is 3.43. The van der Waals surface area contributed by atoms with Crippen LogP contribution in [0.3, 0.4) is 0 Å². The van der Waals surface area contributed by atoms with Crippen molar-refractivity contribution < 1.29 is 18.5 Å². The number of aromatic nitrogens is 2. The Bertz CT molecular complexity index is 1200. The minimum Gasteiger partial charge on any atom is -0.337 e. The molecule has 5 rings (SSSR count). The molecule has 2 amide bonds. The Morgan fingerprint density at radius 3 is 2.73 bits per heavy atom. The molecule has 0 unspecified atom stereocenters. The van der Waals surface area contributed by atoms with Crippen LogP contribution in [0.1, 0.15) is 5.89 Å². The number of hydrogen-bond acceptors (Lipinski definition) is 8. The first-order valence-corrected chi connectivity index (χ1v) is 9.70. The molecule has 2 aromatic carbocycles. The van der Waals surface area contributed by atoms with Crippen LogP contribution in [-0.2, 0) is 16.1 Å². The molecule has 0 spiro atoms. The number of rotatable bonds is 4. The molecule has 1 aromatic heterocycles. The van der Waals surface area contributed by atoms with Gasteiger partial charge in [-0.15, -0.1) is 0 Å². The predicted molar refractivity (Wildman–Crippen MR) is 104 cm³/mol. The van der Waals surface area contributed by atoms with Crippen molar-refractivity contribution in [2.24, 2.45) is 10.3 Å². The zero-order chi connectivity index (χ0) is 20.8. The summed E-state index contributed by atoms with van der Waals surface area (Å²) >= 11 is 3.39. The molecule has 2 aliphatic rings. The number of benzene rings is 2. The topological polar surface area (TPSA) is 104 Å². The van der Waals surface area contributed by atoms with Gasteiger partial charge in [0.1, 0.15) is 12.4 Å². The number of carbonyl (C=O) groups is 2. The average molecular weight is 471 g/mol. The standard InChI is InChI=1S/C19H12BrFN6O3/c20-11-4-1-3-10(7-11)17-22-14(30-24-17)9-26-16-15(23-25-26)18(28)27(19(16)29)13-6-2-5-12(21)8-13/h1-8,15-16H,9H2/t15-,16-/m1/s1. The molecule has 3 aromatic rings. The minimum atomic E-state index is -0.992. The van der Waals surface area contributed by atoms with Crippen LogP contribution in [0, 0.1) is 5.82 Å². The number of nitrogens with zero attached hydrogens (tertiary/aromatic N) is 6. The van der Waals surface area contributed by atoms with Crippen LogP contribution >= 0.6 is 15.9 Å². The van der Waals surface area contributed by atoms with Gasteiger partial charge in [0.15, 0.2) is 12.1 Å². The fraction of sp³-hybridized carbons (Fsp3) is 0.158. The Labute approximate surface area is 177 Å². The summed E-state index contributed by atoms with van der Waals surface area (Å²) in [5.74, 6) is -1.03. The number of fused-ring (bicyclic) bond motifs is 1. The highest BCUT2D eigenvalue weighted by Crippen LogP contribution is 2.33. The van der Waals surface area contributed by atoms with E-state index in [4.69, 9.17) is 4.52 Å². The van der Waals surface area contributed by atoms with E-state index >= 15 is 0 Å². The first kappa shape index (κ1) is 18.6. The SMILES string of the molecule is O=C1[C@@H]2N=NN(Cc3nc(-c4cccc(Br)c4)no3)[C@H]2C(=O)N1c1cccc(F)c1. The lowest BCUT2D eigenvalue weighted by molar-refractivity contribution is -0.123. The van der Waals surface area contributed by atoms with Crippen LogP contribution in [0.5, 0.6) is 0 Å². The zero-order valence-corrected chi connectivity index (χ0v) is 16.7. The van der Waals surface area contributed by atoms with Gasteiger partial charge in [0, 0.05) is 10.0 Å². The number of imide groups is 1. The van der Waals surface area contributed by atoms with Crippen molar-refractivity contribution in [3.63, 3.8) is 0 Å². The largest absolute Gasteiger partial charge is 0.337 e. The van der Waals surface area contributed by atoms with E-state index in [0.29, 0.717) is 5.82 Å². The fourth-order valence-corrected chi connectivity index (χ4v) is 3.83. The molecule has 0 bridgehead atoms. The van der Waals surface area contributed by atoms with Crippen molar-refractivity contribution in [3.05, 3.63) is 64.7 Å². The van der Waals surface area contributed by atoms with Crippen molar-refractivity contribution in [3.8, 4) is 11.4 Å². The van der Waals surface area contributed by atoms with Crippen molar-refractivity contribution in [1.82, 2.24) is 15.1 Å². The molecule has 2 atom stereocenters. The summed E-state index contributed by atoms with van der Waals surface area (Å²) in [7, 11) is 0. The van der Waals surface area contributed by atoms with Crippen LogP contribution in [0.15, 0.2) is 67.9 Å².